The number of halogens is 2. The first-order chi connectivity index (χ1) is 12.4. The second kappa shape index (κ2) is 8.59. The second-order valence-corrected chi connectivity index (χ2v) is 8.04. The van der Waals surface area contributed by atoms with E-state index in [0.717, 1.165) is 51.9 Å². The number of carbonyl (C=O) groups is 2. The standard InChI is InChI=1S/C19H25Cl2N3O2/c1-13(18(25)22-17-11-15(20)10-16(21)12-17)23-8-4-14(5-9-23)19(26)24-6-2-3-7-24/h10-14H,2-9H2,1H3,(H,22,25). The summed E-state index contributed by atoms with van der Waals surface area (Å²) >= 11 is 12.0. The highest BCUT2D eigenvalue weighted by molar-refractivity contribution is 6.35. The minimum atomic E-state index is -0.268. The third-order valence-corrected chi connectivity index (χ3v) is 5.79. The molecule has 1 aromatic rings. The summed E-state index contributed by atoms with van der Waals surface area (Å²) in [5.74, 6) is 0.312. The Balaban J connectivity index is 1.51. The van der Waals surface area contributed by atoms with Gasteiger partial charge in [-0.15, -0.1) is 0 Å². The van der Waals surface area contributed by atoms with E-state index in [9.17, 15) is 9.59 Å². The number of nitrogens with one attached hydrogen (secondary N) is 1. The van der Waals surface area contributed by atoms with E-state index in [-0.39, 0.29) is 17.9 Å². The van der Waals surface area contributed by atoms with Crippen LogP contribution in [0, 0.1) is 5.92 Å². The van der Waals surface area contributed by atoms with Gasteiger partial charge in [-0.3, -0.25) is 14.5 Å². The third-order valence-electron chi connectivity index (χ3n) is 5.35. The van der Waals surface area contributed by atoms with Crippen LogP contribution in [0.4, 0.5) is 5.69 Å². The van der Waals surface area contributed by atoms with E-state index < -0.39 is 0 Å². The lowest BCUT2D eigenvalue weighted by Gasteiger charge is -2.36. The molecule has 142 valence electrons. The monoisotopic (exact) mass is 397 g/mol. The van der Waals surface area contributed by atoms with Crippen molar-refractivity contribution in [3.63, 3.8) is 0 Å². The number of hydrogen-bond donors (Lipinski definition) is 1. The molecular weight excluding hydrogens is 373 g/mol. The molecule has 0 saturated carbocycles. The fourth-order valence-corrected chi connectivity index (χ4v) is 4.29. The van der Waals surface area contributed by atoms with Gasteiger partial charge in [-0.1, -0.05) is 23.2 Å². The topological polar surface area (TPSA) is 52.7 Å². The van der Waals surface area contributed by atoms with Crippen molar-refractivity contribution in [1.29, 1.82) is 0 Å². The van der Waals surface area contributed by atoms with Gasteiger partial charge in [-0.2, -0.15) is 0 Å². The number of carbonyl (C=O) groups excluding carboxylic acids is 2. The first-order valence-electron chi connectivity index (χ1n) is 9.24. The van der Waals surface area contributed by atoms with Crippen molar-refractivity contribution < 1.29 is 9.59 Å². The quantitative estimate of drug-likeness (QED) is 0.843. The summed E-state index contributed by atoms with van der Waals surface area (Å²) in [5, 5.41) is 3.85. The normalized spacial score (nSPS) is 20.2. The van der Waals surface area contributed by atoms with Crippen LogP contribution < -0.4 is 5.32 Å². The number of hydrogen-bond acceptors (Lipinski definition) is 3. The zero-order valence-corrected chi connectivity index (χ0v) is 16.5. The maximum absolute atomic E-state index is 12.5. The molecule has 2 aliphatic heterocycles. The number of piperidine rings is 1. The molecule has 1 aromatic carbocycles. The van der Waals surface area contributed by atoms with E-state index in [4.69, 9.17) is 23.2 Å². The summed E-state index contributed by atoms with van der Waals surface area (Å²) in [5.41, 5.74) is 0.596. The Morgan fingerprint density at radius 1 is 1.04 bits per heavy atom. The largest absolute Gasteiger partial charge is 0.342 e. The van der Waals surface area contributed by atoms with Gasteiger partial charge in [0.1, 0.15) is 0 Å². The Hall–Kier alpha value is -1.30. The lowest BCUT2D eigenvalue weighted by Crippen LogP contribution is -2.48. The summed E-state index contributed by atoms with van der Waals surface area (Å²) < 4.78 is 0. The van der Waals surface area contributed by atoms with Crippen molar-refractivity contribution >= 4 is 40.7 Å². The summed E-state index contributed by atoms with van der Waals surface area (Å²) in [4.78, 5) is 29.2. The van der Waals surface area contributed by atoms with Crippen molar-refractivity contribution in [1.82, 2.24) is 9.80 Å². The smallest absolute Gasteiger partial charge is 0.241 e. The van der Waals surface area contributed by atoms with Gasteiger partial charge >= 0.3 is 0 Å². The number of benzene rings is 1. The van der Waals surface area contributed by atoms with Gasteiger partial charge < -0.3 is 10.2 Å². The highest BCUT2D eigenvalue weighted by Crippen LogP contribution is 2.25. The van der Waals surface area contributed by atoms with Gasteiger partial charge in [0.2, 0.25) is 11.8 Å². The molecule has 5 nitrogen and oxygen atoms in total. The Bertz CT molecular complexity index is 648. The summed E-state index contributed by atoms with van der Waals surface area (Å²) in [6.45, 7) is 5.22. The maximum atomic E-state index is 12.5. The maximum Gasteiger partial charge on any atom is 0.241 e. The lowest BCUT2D eigenvalue weighted by molar-refractivity contribution is -0.136. The predicted octanol–water partition coefficient (Wildman–Crippen LogP) is 3.65. The molecule has 0 bridgehead atoms. The molecule has 26 heavy (non-hydrogen) atoms. The zero-order valence-electron chi connectivity index (χ0n) is 15.0. The molecule has 2 aliphatic rings. The molecule has 3 rings (SSSR count). The first-order valence-corrected chi connectivity index (χ1v) is 9.99. The van der Waals surface area contributed by atoms with Crippen LogP contribution >= 0.6 is 23.2 Å². The van der Waals surface area contributed by atoms with Crippen molar-refractivity contribution in [3.8, 4) is 0 Å². The Labute approximate surface area is 164 Å². The van der Waals surface area contributed by atoms with Crippen molar-refractivity contribution in [3.05, 3.63) is 28.2 Å². The molecule has 2 saturated heterocycles. The number of anilines is 1. The van der Waals surface area contributed by atoms with E-state index in [1.165, 1.54) is 0 Å². The summed E-state index contributed by atoms with van der Waals surface area (Å²) in [6.07, 6.45) is 3.87. The van der Waals surface area contributed by atoms with E-state index in [1.807, 2.05) is 11.8 Å². The minimum absolute atomic E-state index is 0.0901. The number of nitrogens with zero attached hydrogens (tertiary/aromatic N) is 2. The molecule has 1 atom stereocenters. The highest BCUT2D eigenvalue weighted by atomic mass is 35.5. The van der Waals surface area contributed by atoms with Crippen molar-refractivity contribution in [2.75, 3.05) is 31.5 Å². The van der Waals surface area contributed by atoms with Gasteiger partial charge in [-0.25, -0.2) is 0 Å². The van der Waals surface area contributed by atoms with Gasteiger partial charge in [0.15, 0.2) is 0 Å². The number of amides is 2. The van der Waals surface area contributed by atoms with Crippen LogP contribution in [0.1, 0.15) is 32.6 Å². The zero-order chi connectivity index (χ0) is 18.7. The van der Waals surface area contributed by atoms with E-state index in [0.29, 0.717) is 21.6 Å². The molecule has 0 aliphatic carbocycles. The van der Waals surface area contributed by atoms with Crippen molar-refractivity contribution in [2.24, 2.45) is 5.92 Å². The van der Waals surface area contributed by atoms with Crippen LogP contribution in [0.2, 0.25) is 10.0 Å². The number of likely N-dealkylation sites (tertiary alicyclic amines) is 2. The first kappa shape index (κ1) is 19.5. The van der Waals surface area contributed by atoms with Crippen LogP contribution in [-0.4, -0.2) is 53.8 Å². The van der Waals surface area contributed by atoms with Crippen molar-refractivity contribution in [2.45, 2.75) is 38.6 Å². The minimum Gasteiger partial charge on any atom is -0.342 e. The fourth-order valence-electron chi connectivity index (χ4n) is 3.77. The third kappa shape index (κ3) is 4.70. The molecule has 0 radical (unpaired) electrons. The average Bonchev–Trinajstić information content (AvgIpc) is 3.14. The molecule has 1 unspecified atom stereocenters. The van der Waals surface area contributed by atoms with Gasteiger partial charge in [-0.05, 0) is 63.9 Å². The SMILES string of the molecule is CC(C(=O)Nc1cc(Cl)cc(Cl)c1)N1CCC(C(=O)N2CCCC2)CC1. The molecule has 2 heterocycles. The molecule has 2 fully saturated rings. The van der Waals surface area contributed by atoms with Crippen LogP contribution in [0.25, 0.3) is 0 Å². The molecule has 0 aromatic heterocycles. The molecular formula is C19H25Cl2N3O2. The van der Waals surface area contributed by atoms with Crippen LogP contribution in [-0.2, 0) is 9.59 Å². The van der Waals surface area contributed by atoms with Gasteiger partial charge in [0, 0.05) is 34.7 Å². The summed E-state index contributed by atoms with van der Waals surface area (Å²) in [6, 6.07) is 4.72. The van der Waals surface area contributed by atoms with E-state index in [1.54, 1.807) is 18.2 Å². The molecule has 7 heteroatoms. The second-order valence-electron chi connectivity index (χ2n) is 7.17. The van der Waals surface area contributed by atoms with Gasteiger partial charge in [0.25, 0.3) is 0 Å². The Morgan fingerprint density at radius 3 is 2.19 bits per heavy atom. The van der Waals surface area contributed by atoms with Crippen LogP contribution in [0.15, 0.2) is 18.2 Å². The van der Waals surface area contributed by atoms with E-state index >= 15 is 0 Å². The Kier molecular flexibility index (Phi) is 6.43. The van der Waals surface area contributed by atoms with Gasteiger partial charge in [0.05, 0.1) is 6.04 Å². The summed E-state index contributed by atoms with van der Waals surface area (Å²) in [7, 11) is 0. The highest BCUT2D eigenvalue weighted by Gasteiger charge is 2.32. The predicted molar refractivity (Wildman–Crippen MR) is 105 cm³/mol. The average molecular weight is 398 g/mol. The number of rotatable bonds is 4. The lowest BCUT2D eigenvalue weighted by atomic mass is 9.94. The van der Waals surface area contributed by atoms with Crippen LogP contribution in [0.5, 0.6) is 0 Å². The molecule has 1 N–H and O–H groups in total. The van der Waals surface area contributed by atoms with Crippen LogP contribution in [0.3, 0.4) is 0 Å². The molecule has 2 amide bonds. The fraction of sp³-hybridized carbons (Fsp3) is 0.579. The molecule has 0 spiro atoms. The Morgan fingerprint density at radius 2 is 1.62 bits per heavy atom. The van der Waals surface area contributed by atoms with E-state index in [2.05, 4.69) is 10.2 Å².